The topological polar surface area (TPSA) is 46.9 Å². The van der Waals surface area contributed by atoms with Gasteiger partial charge in [0.1, 0.15) is 5.02 Å². The first-order valence-corrected chi connectivity index (χ1v) is 8.45. The van der Waals surface area contributed by atoms with Crippen LogP contribution in [0.25, 0.3) is 0 Å². The van der Waals surface area contributed by atoms with Crippen molar-refractivity contribution >= 4 is 34.8 Å². The highest BCUT2D eigenvalue weighted by Crippen LogP contribution is 2.33. The van der Waals surface area contributed by atoms with Crippen molar-refractivity contribution in [1.29, 1.82) is 0 Å². The summed E-state index contributed by atoms with van der Waals surface area (Å²) in [5.74, 6) is -0.289. The van der Waals surface area contributed by atoms with Crippen LogP contribution in [0.2, 0.25) is 10.0 Å². The predicted molar refractivity (Wildman–Crippen MR) is 98.8 cm³/mol. The fourth-order valence-corrected chi connectivity index (χ4v) is 2.86. The van der Waals surface area contributed by atoms with Crippen molar-refractivity contribution in [1.82, 2.24) is 9.55 Å². The van der Waals surface area contributed by atoms with Gasteiger partial charge in [0, 0.05) is 10.7 Å². The summed E-state index contributed by atoms with van der Waals surface area (Å²) in [4.78, 5) is 16.1. The lowest BCUT2D eigenvalue weighted by molar-refractivity contribution is -0.141. The number of halogens is 5. The standard InChI is InChI=1S/C18H12Cl2F3N3O/c19-12-7-4-8-13(9-12)24-17-25-15(18(21,22)23)14(20)16(27)26(17)10-11-5-2-1-3-6-11/h1-9H,10H2,(H,24,25). The number of hydrogen-bond acceptors (Lipinski definition) is 3. The molecule has 0 saturated carbocycles. The van der Waals surface area contributed by atoms with E-state index in [0.717, 1.165) is 4.57 Å². The van der Waals surface area contributed by atoms with Crippen LogP contribution in [0.5, 0.6) is 0 Å². The Hall–Kier alpha value is -2.51. The molecule has 0 aliphatic heterocycles. The molecule has 140 valence electrons. The molecule has 0 fully saturated rings. The van der Waals surface area contributed by atoms with Crippen molar-refractivity contribution in [3.8, 4) is 0 Å². The normalized spacial score (nSPS) is 11.4. The molecule has 3 rings (SSSR count). The van der Waals surface area contributed by atoms with E-state index in [0.29, 0.717) is 16.3 Å². The monoisotopic (exact) mass is 413 g/mol. The van der Waals surface area contributed by atoms with Gasteiger partial charge >= 0.3 is 6.18 Å². The van der Waals surface area contributed by atoms with E-state index in [1.54, 1.807) is 48.5 Å². The molecule has 1 aromatic heterocycles. The molecule has 4 nitrogen and oxygen atoms in total. The van der Waals surface area contributed by atoms with Crippen molar-refractivity contribution in [2.75, 3.05) is 5.32 Å². The van der Waals surface area contributed by atoms with E-state index in [1.165, 1.54) is 6.07 Å². The molecule has 1 N–H and O–H groups in total. The highest BCUT2D eigenvalue weighted by Gasteiger charge is 2.38. The molecule has 9 heteroatoms. The van der Waals surface area contributed by atoms with Gasteiger partial charge in [-0.05, 0) is 23.8 Å². The third kappa shape index (κ3) is 4.43. The second-order valence-corrected chi connectivity index (χ2v) is 6.42. The van der Waals surface area contributed by atoms with Crippen molar-refractivity contribution in [2.45, 2.75) is 12.7 Å². The van der Waals surface area contributed by atoms with Crippen molar-refractivity contribution in [3.05, 3.63) is 86.3 Å². The largest absolute Gasteiger partial charge is 0.435 e. The lowest BCUT2D eigenvalue weighted by Gasteiger charge is -2.17. The second kappa shape index (κ2) is 7.62. The van der Waals surface area contributed by atoms with Crippen molar-refractivity contribution < 1.29 is 13.2 Å². The zero-order valence-electron chi connectivity index (χ0n) is 13.6. The number of hydrogen-bond donors (Lipinski definition) is 1. The molecule has 27 heavy (non-hydrogen) atoms. The van der Waals surface area contributed by atoms with Gasteiger partial charge in [-0.2, -0.15) is 13.2 Å². The number of anilines is 2. The number of aromatic nitrogens is 2. The third-order valence-corrected chi connectivity index (χ3v) is 4.22. The van der Waals surface area contributed by atoms with Crippen molar-refractivity contribution in [3.63, 3.8) is 0 Å². The zero-order chi connectivity index (χ0) is 19.6. The maximum atomic E-state index is 13.2. The van der Waals surface area contributed by atoms with Crippen molar-refractivity contribution in [2.24, 2.45) is 0 Å². The lowest BCUT2D eigenvalue weighted by Crippen LogP contribution is -2.29. The highest BCUT2D eigenvalue weighted by molar-refractivity contribution is 6.31. The Balaban J connectivity index is 2.14. The maximum Gasteiger partial charge on any atom is 0.435 e. The van der Waals surface area contributed by atoms with E-state index in [-0.39, 0.29) is 12.5 Å². The van der Waals surface area contributed by atoms with Crippen LogP contribution in [0.3, 0.4) is 0 Å². The minimum Gasteiger partial charge on any atom is -0.325 e. The molecule has 0 saturated heterocycles. The van der Waals surface area contributed by atoms with Crippen LogP contribution in [-0.2, 0) is 12.7 Å². The Morgan fingerprint density at radius 2 is 1.74 bits per heavy atom. The fraction of sp³-hybridized carbons (Fsp3) is 0.111. The minimum absolute atomic E-state index is 0.00652. The van der Waals surface area contributed by atoms with Gasteiger partial charge < -0.3 is 5.32 Å². The van der Waals surface area contributed by atoms with Gasteiger partial charge in [-0.15, -0.1) is 0 Å². The molecule has 0 unspecified atom stereocenters. The van der Waals surface area contributed by atoms with E-state index in [2.05, 4.69) is 10.3 Å². The van der Waals surface area contributed by atoms with Crippen LogP contribution in [0.4, 0.5) is 24.8 Å². The van der Waals surface area contributed by atoms with Gasteiger partial charge in [-0.25, -0.2) is 4.98 Å². The highest BCUT2D eigenvalue weighted by atomic mass is 35.5. The summed E-state index contributed by atoms with van der Waals surface area (Å²) in [7, 11) is 0. The fourth-order valence-electron chi connectivity index (χ4n) is 2.42. The summed E-state index contributed by atoms with van der Waals surface area (Å²) in [6, 6.07) is 15.1. The first kappa shape index (κ1) is 19.3. The molecule has 0 spiro atoms. The quantitative estimate of drug-likeness (QED) is 0.625. The molecule has 0 radical (unpaired) electrons. The van der Waals surface area contributed by atoms with Gasteiger partial charge in [-0.1, -0.05) is 59.6 Å². The molecule has 0 atom stereocenters. The van der Waals surface area contributed by atoms with Crippen LogP contribution in [0.15, 0.2) is 59.4 Å². The smallest absolute Gasteiger partial charge is 0.325 e. The van der Waals surface area contributed by atoms with Crippen LogP contribution >= 0.6 is 23.2 Å². The van der Waals surface area contributed by atoms with Gasteiger partial charge in [0.05, 0.1) is 6.54 Å². The van der Waals surface area contributed by atoms with E-state index in [9.17, 15) is 18.0 Å². The number of alkyl halides is 3. The minimum atomic E-state index is -4.87. The average Bonchev–Trinajstić information content (AvgIpc) is 2.61. The Labute approximate surface area is 162 Å². The number of rotatable bonds is 4. The molecule has 0 aliphatic carbocycles. The molecule has 0 amide bonds. The average molecular weight is 414 g/mol. The molecular formula is C18H12Cl2F3N3O. The second-order valence-electron chi connectivity index (χ2n) is 5.61. The molecular weight excluding hydrogens is 402 g/mol. The summed E-state index contributed by atoms with van der Waals surface area (Å²) in [5, 5.41) is 2.12. The lowest BCUT2D eigenvalue weighted by atomic mass is 10.2. The molecule has 0 aliphatic rings. The van der Waals surface area contributed by atoms with Gasteiger partial charge in [0.15, 0.2) is 5.69 Å². The zero-order valence-corrected chi connectivity index (χ0v) is 15.1. The summed E-state index contributed by atoms with van der Waals surface area (Å²) < 4.78 is 40.7. The maximum absolute atomic E-state index is 13.2. The summed E-state index contributed by atoms with van der Waals surface area (Å²) in [5.41, 5.74) is -1.35. The Kier molecular flexibility index (Phi) is 5.43. The third-order valence-electron chi connectivity index (χ3n) is 3.65. The predicted octanol–water partition coefficient (Wildman–Crippen LogP) is 5.36. The molecule has 0 bridgehead atoms. The van der Waals surface area contributed by atoms with E-state index < -0.39 is 22.5 Å². The Morgan fingerprint density at radius 3 is 2.37 bits per heavy atom. The van der Waals surface area contributed by atoms with Crippen LogP contribution in [0.1, 0.15) is 11.3 Å². The van der Waals surface area contributed by atoms with E-state index >= 15 is 0 Å². The molecule has 2 aromatic carbocycles. The molecule has 3 aromatic rings. The Bertz CT molecular complexity index is 1020. The summed E-state index contributed by atoms with van der Waals surface area (Å²) in [6.45, 7) is -0.00652. The summed E-state index contributed by atoms with van der Waals surface area (Å²) in [6.07, 6.45) is -4.87. The van der Waals surface area contributed by atoms with E-state index in [1.807, 2.05) is 0 Å². The first-order chi connectivity index (χ1) is 12.8. The molecule has 1 heterocycles. The number of benzene rings is 2. The van der Waals surface area contributed by atoms with Crippen LogP contribution in [0, 0.1) is 0 Å². The van der Waals surface area contributed by atoms with Gasteiger partial charge in [0.2, 0.25) is 5.95 Å². The Morgan fingerprint density at radius 1 is 1.04 bits per heavy atom. The van der Waals surface area contributed by atoms with Crippen LogP contribution in [-0.4, -0.2) is 9.55 Å². The van der Waals surface area contributed by atoms with E-state index in [4.69, 9.17) is 23.2 Å². The SMILES string of the molecule is O=c1c(Cl)c(C(F)(F)F)nc(Nc2cccc(Cl)c2)n1Cc1ccccc1. The first-order valence-electron chi connectivity index (χ1n) is 7.70. The van der Waals surface area contributed by atoms with Crippen LogP contribution < -0.4 is 10.9 Å². The number of nitrogens with one attached hydrogen (secondary N) is 1. The van der Waals surface area contributed by atoms with Gasteiger partial charge in [0.25, 0.3) is 5.56 Å². The summed E-state index contributed by atoms with van der Waals surface area (Å²) >= 11 is 11.6. The van der Waals surface area contributed by atoms with Gasteiger partial charge in [-0.3, -0.25) is 9.36 Å². The number of nitrogens with zero attached hydrogens (tertiary/aromatic N) is 2.